The quantitative estimate of drug-likeness (QED) is 0.834. The van der Waals surface area contributed by atoms with Crippen LogP contribution in [-0.2, 0) is 10.2 Å². The molecule has 1 saturated heterocycles. The van der Waals surface area contributed by atoms with Crippen molar-refractivity contribution in [3.8, 4) is 0 Å². The molecule has 1 aromatic rings. The van der Waals surface area contributed by atoms with Crippen LogP contribution in [0.3, 0.4) is 0 Å². The second-order valence-electron chi connectivity index (χ2n) is 4.94. The van der Waals surface area contributed by atoms with Crippen LogP contribution < -0.4 is 10.5 Å². The molecule has 3 N–H and O–H groups in total. The lowest BCUT2D eigenvalue weighted by atomic mass is 10.2. The summed E-state index contributed by atoms with van der Waals surface area (Å²) in [5.74, 6) is 0. The molecule has 0 aromatic heterocycles. The van der Waals surface area contributed by atoms with Crippen LogP contribution in [0.1, 0.15) is 31.2 Å². The van der Waals surface area contributed by atoms with Gasteiger partial charge in [0.1, 0.15) is 0 Å². The summed E-state index contributed by atoms with van der Waals surface area (Å²) in [5, 5.41) is 0. The van der Waals surface area contributed by atoms with Crippen LogP contribution in [0.2, 0.25) is 0 Å². The first-order chi connectivity index (χ1) is 9.00. The molecule has 0 saturated carbocycles. The van der Waals surface area contributed by atoms with Crippen LogP contribution in [0, 0.1) is 6.92 Å². The van der Waals surface area contributed by atoms with Gasteiger partial charge in [-0.3, -0.25) is 4.72 Å². The zero-order valence-electron chi connectivity index (χ0n) is 11.2. The summed E-state index contributed by atoms with van der Waals surface area (Å²) in [7, 11) is -3.47. The molecule has 0 radical (unpaired) electrons. The van der Waals surface area contributed by atoms with Crippen molar-refractivity contribution in [2.24, 2.45) is 0 Å². The van der Waals surface area contributed by atoms with E-state index in [0.29, 0.717) is 24.5 Å². The Kier molecular flexibility index (Phi) is 4.31. The maximum atomic E-state index is 12.3. The van der Waals surface area contributed by atoms with Crippen LogP contribution in [0.4, 0.5) is 11.4 Å². The molecular weight excluding hydrogens is 262 g/mol. The fourth-order valence-corrected chi connectivity index (χ4v) is 3.62. The Morgan fingerprint density at radius 3 is 2.42 bits per heavy atom. The van der Waals surface area contributed by atoms with Gasteiger partial charge in [-0.05, 0) is 37.5 Å². The van der Waals surface area contributed by atoms with Gasteiger partial charge in [0, 0.05) is 18.8 Å². The van der Waals surface area contributed by atoms with E-state index in [0.717, 1.165) is 31.2 Å². The minimum Gasteiger partial charge on any atom is -0.398 e. The van der Waals surface area contributed by atoms with E-state index in [1.54, 1.807) is 18.2 Å². The van der Waals surface area contributed by atoms with E-state index >= 15 is 0 Å². The highest BCUT2D eigenvalue weighted by molar-refractivity contribution is 7.90. The molecule has 0 bridgehead atoms. The van der Waals surface area contributed by atoms with Crippen molar-refractivity contribution < 1.29 is 8.42 Å². The van der Waals surface area contributed by atoms with Crippen molar-refractivity contribution in [3.63, 3.8) is 0 Å². The molecule has 1 aromatic carbocycles. The first-order valence-electron chi connectivity index (χ1n) is 6.64. The third kappa shape index (κ3) is 3.39. The number of hydrogen-bond donors (Lipinski definition) is 2. The predicted octanol–water partition coefficient (Wildman–Crippen LogP) is 2.11. The standard InChI is InChI=1S/C13H21N3O2S/c1-11-12(14)7-6-8-13(11)15-19(17,18)16-9-4-2-3-5-10-16/h6-8,15H,2-5,9-10,14H2,1H3. The molecule has 106 valence electrons. The number of nitrogen functional groups attached to an aromatic ring is 1. The number of nitrogens with one attached hydrogen (secondary N) is 1. The van der Waals surface area contributed by atoms with Crippen LogP contribution in [0.25, 0.3) is 0 Å². The predicted molar refractivity (Wildman–Crippen MR) is 78.2 cm³/mol. The molecule has 19 heavy (non-hydrogen) atoms. The smallest absolute Gasteiger partial charge is 0.301 e. The Labute approximate surface area is 115 Å². The van der Waals surface area contributed by atoms with Crippen molar-refractivity contribution >= 4 is 21.6 Å². The van der Waals surface area contributed by atoms with E-state index in [-0.39, 0.29) is 0 Å². The van der Waals surface area contributed by atoms with Gasteiger partial charge in [0.15, 0.2) is 0 Å². The first-order valence-corrected chi connectivity index (χ1v) is 8.08. The molecule has 0 spiro atoms. The summed E-state index contributed by atoms with van der Waals surface area (Å²) in [4.78, 5) is 0. The van der Waals surface area contributed by atoms with Gasteiger partial charge in [0.2, 0.25) is 0 Å². The van der Waals surface area contributed by atoms with Gasteiger partial charge in [0.25, 0.3) is 0 Å². The minimum atomic E-state index is -3.47. The maximum Gasteiger partial charge on any atom is 0.301 e. The number of rotatable bonds is 3. The lowest BCUT2D eigenvalue weighted by molar-refractivity contribution is 0.427. The molecule has 2 rings (SSSR count). The Bertz CT molecular complexity index is 535. The lowest BCUT2D eigenvalue weighted by Crippen LogP contribution is -2.36. The highest BCUT2D eigenvalue weighted by Crippen LogP contribution is 2.23. The molecular formula is C13H21N3O2S. The average molecular weight is 283 g/mol. The highest BCUT2D eigenvalue weighted by atomic mass is 32.2. The SMILES string of the molecule is Cc1c(N)cccc1NS(=O)(=O)N1CCCCCC1. The van der Waals surface area contributed by atoms with E-state index < -0.39 is 10.2 Å². The molecule has 0 amide bonds. The van der Waals surface area contributed by atoms with Crippen molar-refractivity contribution in [1.82, 2.24) is 4.31 Å². The van der Waals surface area contributed by atoms with Crippen molar-refractivity contribution in [2.75, 3.05) is 23.5 Å². The fraction of sp³-hybridized carbons (Fsp3) is 0.538. The maximum absolute atomic E-state index is 12.3. The number of nitrogens with two attached hydrogens (primary N) is 1. The first kappa shape index (κ1) is 14.1. The summed E-state index contributed by atoms with van der Waals surface area (Å²) in [6, 6.07) is 5.25. The zero-order chi connectivity index (χ0) is 13.9. The summed E-state index contributed by atoms with van der Waals surface area (Å²) in [6.45, 7) is 3.00. The Morgan fingerprint density at radius 2 is 1.79 bits per heavy atom. The second kappa shape index (κ2) is 5.79. The summed E-state index contributed by atoms with van der Waals surface area (Å²) < 4.78 is 28.9. The Morgan fingerprint density at radius 1 is 1.16 bits per heavy atom. The second-order valence-corrected chi connectivity index (χ2v) is 6.61. The Balaban J connectivity index is 2.18. The third-order valence-electron chi connectivity index (χ3n) is 3.52. The fourth-order valence-electron chi connectivity index (χ4n) is 2.25. The minimum absolute atomic E-state index is 0.559. The van der Waals surface area contributed by atoms with Crippen LogP contribution in [0.5, 0.6) is 0 Å². The molecule has 0 atom stereocenters. The van der Waals surface area contributed by atoms with Crippen LogP contribution in [-0.4, -0.2) is 25.8 Å². The van der Waals surface area contributed by atoms with Crippen molar-refractivity contribution in [2.45, 2.75) is 32.6 Å². The van der Waals surface area contributed by atoms with E-state index in [9.17, 15) is 8.42 Å². The van der Waals surface area contributed by atoms with Crippen LogP contribution >= 0.6 is 0 Å². The van der Waals surface area contributed by atoms with E-state index in [2.05, 4.69) is 4.72 Å². The average Bonchev–Trinajstić information content (AvgIpc) is 2.64. The van der Waals surface area contributed by atoms with Gasteiger partial charge in [-0.1, -0.05) is 18.9 Å². The van der Waals surface area contributed by atoms with Gasteiger partial charge in [-0.2, -0.15) is 12.7 Å². The largest absolute Gasteiger partial charge is 0.398 e. The molecule has 6 heteroatoms. The molecule has 1 fully saturated rings. The zero-order valence-corrected chi connectivity index (χ0v) is 12.0. The van der Waals surface area contributed by atoms with E-state index in [4.69, 9.17) is 5.73 Å². The summed E-state index contributed by atoms with van der Waals surface area (Å²) in [6.07, 6.45) is 4.06. The Hall–Kier alpha value is -1.27. The third-order valence-corrected chi connectivity index (χ3v) is 5.04. The summed E-state index contributed by atoms with van der Waals surface area (Å²) >= 11 is 0. The number of nitrogens with zero attached hydrogens (tertiary/aromatic N) is 1. The van der Waals surface area contributed by atoms with Gasteiger partial charge in [-0.25, -0.2) is 0 Å². The number of benzene rings is 1. The number of anilines is 2. The topological polar surface area (TPSA) is 75.4 Å². The molecule has 1 aliphatic rings. The number of hydrogen-bond acceptors (Lipinski definition) is 3. The lowest BCUT2D eigenvalue weighted by Gasteiger charge is -2.21. The van der Waals surface area contributed by atoms with Gasteiger partial charge in [0.05, 0.1) is 5.69 Å². The molecule has 0 unspecified atom stereocenters. The molecule has 0 aliphatic carbocycles. The van der Waals surface area contributed by atoms with Crippen molar-refractivity contribution in [1.29, 1.82) is 0 Å². The van der Waals surface area contributed by atoms with Gasteiger partial charge < -0.3 is 5.73 Å². The van der Waals surface area contributed by atoms with Gasteiger partial charge in [-0.15, -0.1) is 0 Å². The molecule has 5 nitrogen and oxygen atoms in total. The van der Waals surface area contributed by atoms with Crippen molar-refractivity contribution in [3.05, 3.63) is 23.8 Å². The normalized spacial score (nSPS) is 17.9. The monoisotopic (exact) mass is 283 g/mol. The summed E-state index contributed by atoms with van der Waals surface area (Å²) in [5.41, 5.74) is 7.71. The van der Waals surface area contributed by atoms with Gasteiger partial charge >= 0.3 is 10.2 Å². The van der Waals surface area contributed by atoms with E-state index in [1.807, 2.05) is 6.92 Å². The highest BCUT2D eigenvalue weighted by Gasteiger charge is 2.23. The molecule has 1 heterocycles. The van der Waals surface area contributed by atoms with Crippen LogP contribution in [0.15, 0.2) is 18.2 Å². The molecule has 1 aliphatic heterocycles. The van der Waals surface area contributed by atoms with E-state index in [1.165, 1.54) is 4.31 Å².